The van der Waals surface area contributed by atoms with Gasteiger partial charge in [0.05, 0.1) is 10.0 Å². The Labute approximate surface area is 170 Å². The van der Waals surface area contributed by atoms with Crippen LogP contribution >= 0.6 is 34.5 Å². The summed E-state index contributed by atoms with van der Waals surface area (Å²) < 4.78 is 50.4. The van der Waals surface area contributed by atoms with E-state index in [2.05, 4.69) is 14.8 Å². The fraction of sp³-hybridized carbons (Fsp3) is 0.188. The number of alkyl halides is 2. The zero-order valence-electron chi connectivity index (χ0n) is 14.2. The number of ether oxygens (including phenoxy) is 2. The molecule has 0 fully saturated rings. The Morgan fingerprint density at radius 3 is 2.68 bits per heavy atom. The van der Waals surface area contributed by atoms with Crippen LogP contribution in [0.1, 0.15) is 15.5 Å². The number of hydrogen-bond donors (Lipinski definition) is 0. The van der Waals surface area contributed by atoms with Gasteiger partial charge < -0.3 is 9.47 Å². The smallest absolute Gasteiger partial charge is 0.388 e. The van der Waals surface area contributed by atoms with Crippen molar-refractivity contribution in [2.75, 3.05) is 0 Å². The lowest BCUT2D eigenvalue weighted by molar-refractivity contribution is -0.0552. The Balaban J connectivity index is 2.06. The molecule has 1 aromatic carbocycles. The lowest BCUT2D eigenvalue weighted by Crippen LogP contribution is -2.06. The number of aldehydes is 1. The van der Waals surface area contributed by atoms with Crippen molar-refractivity contribution in [3.8, 4) is 28.0 Å². The van der Waals surface area contributed by atoms with Crippen LogP contribution in [0.25, 0.3) is 11.3 Å². The molecular formula is C16H10Cl2F3N3O3S. The van der Waals surface area contributed by atoms with Crippen LogP contribution in [0.4, 0.5) is 13.2 Å². The number of aryl methyl sites for hydroxylation is 2. The van der Waals surface area contributed by atoms with E-state index in [1.54, 1.807) is 6.92 Å². The Bertz CT molecular complexity index is 1060. The summed E-state index contributed by atoms with van der Waals surface area (Å²) in [6.45, 7) is -1.45. The van der Waals surface area contributed by atoms with Crippen molar-refractivity contribution in [2.45, 2.75) is 13.5 Å². The first-order valence-electron chi connectivity index (χ1n) is 7.48. The molecule has 0 unspecified atom stereocenters. The summed E-state index contributed by atoms with van der Waals surface area (Å²) >= 11 is 13.2. The van der Waals surface area contributed by atoms with Crippen molar-refractivity contribution in [3.63, 3.8) is 0 Å². The maximum atomic E-state index is 14.5. The molecule has 2 aromatic heterocycles. The highest BCUT2D eigenvalue weighted by Gasteiger charge is 2.24. The first-order valence-corrected chi connectivity index (χ1v) is 9.05. The normalized spacial score (nSPS) is 11.1. The zero-order valence-corrected chi connectivity index (χ0v) is 16.5. The van der Waals surface area contributed by atoms with Crippen LogP contribution in [-0.4, -0.2) is 27.7 Å². The van der Waals surface area contributed by atoms with E-state index in [0.29, 0.717) is 11.3 Å². The van der Waals surface area contributed by atoms with E-state index in [4.69, 9.17) is 27.9 Å². The van der Waals surface area contributed by atoms with Crippen LogP contribution in [0.15, 0.2) is 12.1 Å². The minimum absolute atomic E-state index is 0.00265. The molecule has 0 bridgehead atoms. The van der Waals surface area contributed by atoms with Gasteiger partial charge in [-0.2, -0.15) is 13.9 Å². The monoisotopic (exact) mass is 451 g/mol. The number of halogens is 5. The molecule has 0 spiro atoms. The SMILES string of the molecule is Cc1nc(C=O)c(Oc2cc(-c3nn(C)c(OC(F)F)c3Cl)c(F)cc2Cl)s1. The number of aromatic nitrogens is 3. The van der Waals surface area contributed by atoms with Crippen molar-refractivity contribution >= 4 is 40.8 Å². The van der Waals surface area contributed by atoms with E-state index in [1.165, 1.54) is 13.1 Å². The molecule has 0 aliphatic heterocycles. The molecule has 148 valence electrons. The van der Waals surface area contributed by atoms with Gasteiger partial charge in [-0.25, -0.2) is 14.1 Å². The predicted molar refractivity (Wildman–Crippen MR) is 97.6 cm³/mol. The van der Waals surface area contributed by atoms with E-state index in [9.17, 15) is 18.0 Å². The molecule has 0 amide bonds. The molecule has 0 N–H and O–H groups in total. The van der Waals surface area contributed by atoms with Gasteiger partial charge in [-0.3, -0.25) is 4.79 Å². The summed E-state index contributed by atoms with van der Waals surface area (Å²) in [4.78, 5) is 15.1. The van der Waals surface area contributed by atoms with Gasteiger partial charge in [0.1, 0.15) is 22.3 Å². The third-order valence-corrected chi connectivity index (χ3v) is 4.96. The molecule has 0 saturated heterocycles. The molecule has 0 aliphatic rings. The van der Waals surface area contributed by atoms with Gasteiger partial charge in [-0.1, -0.05) is 34.5 Å². The second-order valence-electron chi connectivity index (χ2n) is 5.36. The number of rotatable bonds is 6. The first kappa shape index (κ1) is 20.4. The molecule has 0 atom stereocenters. The molecule has 3 rings (SSSR count). The van der Waals surface area contributed by atoms with Crippen LogP contribution in [0, 0.1) is 12.7 Å². The van der Waals surface area contributed by atoms with Crippen LogP contribution in [0.2, 0.25) is 10.0 Å². The lowest BCUT2D eigenvalue weighted by atomic mass is 10.1. The summed E-state index contributed by atoms with van der Waals surface area (Å²) in [6.07, 6.45) is 0.515. The molecule has 6 nitrogen and oxygen atoms in total. The topological polar surface area (TPSA) is 66.2 Å². The van der Waals surface area contributed by atoms with Gasteiger partial charge in [-0.15, -0.1) is 0 Å². The standard InChI is InChI=1S/C16H10Cl2F3N3O3S/c1-6-22-10(5-25)15(28-6)26-11-3-7(9(19)4-8(11)17)13-12(18)14(24(2)23-13)27-16(20)21/h3-5,16H,1-2H3. The van der Waals surface area contributed by atoms with E-state index in [-0.39, 0.29) is 37.8 Å². The minimum atomic E-state index is -3.13. The Morgan fingerprint density at radius 1 is 1.32 bits per heavy atom. The van der Waals surface area contributed by atoms with Gasteiger partial charge >= 0.3 is 6.61 Å². The van der Waals surface area contributed by atoms with Crippen LogP contribution in [0.3, 0.4) is 0 Å². The molecule has 0 aliphatic carbocycles. The van der Waals surface area contributed by atoms with Crippen molar-refractivity contribution in [3.05, 3.63) is 38.7 Å². The number of benzene rings is 1. The fourth-order valence-electron chi connectivity index (χ4n) is 2.33. The fourth-order valence-corrected chi connectivity index (χ4v) is 3.57. The van der Waals surface area contributed by atoms with Gasteiger partial charge in [-0.05, 0) is 19.1 Å². The summed E-state index contributed by atoms with van der Waals surface area (Å²) in [5.74, 6) is -1.23. The molecule has 0 saturated carbocycles. The largest absolute Gasteiger partial charge is 0.443 e. The van der Waals surface area contributed by atoms with Gasteiger partial charge in [0.15, 0.2) is 12.0 Å². The van der Waals surface area contributed by atoms with Gasteiger partial charge in [0, 0.05) is 12.6 Å². The summed E-state index contributed by atoms with van der Waals surface area (Å²) in [5.41, 5.74) is -0.235. The van der Waals surface area contributed by atoms with Crippen LogP contribution in [-0.2, 0) is 7.05 Å². The molecule has 3 aromatic rings. The Hall–Kier alpha value is -2.30. The maximum Gasteiger partial charge on any atom is 0.388 e. The highest BCUT2D eigenvalue weighted by atomic mass is 35.5. The van der Waals surface area contributed by atoms with E-state index in [1.807, 2.05) is 0 Å². The molecule has 0 radical (unpaired) electrons. The quantitative estimate of drug-likeness (QED) is 0.462. The third-order valence-electron chi connectivity index (χ3n) is 3.46. The van der Waals surface area contributed by atoms with E-state index in [0.717, 1.165) is 22.1 Å². The van der Waals surface area contributed by atoms with Crippen molar-refractivity contribution in [2.24, 2.45) is 7.05 Å². The number of hydrogen-bond acceptors (Lipinski definition) is 6. The molecule has 28 heavy (non-hydrogen) atoms. The molecule has 12 heteroatoms. The zero-order chi connectivity index (χ0) is 20.6. The second-order valence-corrected chi connectivity index (χ2v) is 7.31. The number of nitrogens with zero attached hydrogens (tertiary/aromatic N) is 3. The van der Waals surface area contributed by atoms with E-state index < -0.39 is 18.3 Å². The van der Waals surface area contributed by atoms with Crippen molar-refractivity contribution < 1.29 is 27.4 Å². The molecular weight excluding hydrogens is 442 g/mol. The average Bonchev–Trinajstić information content (AvgIpc) is 3.10. The first-order chi connectivity index (χ1) is 13.2. The summed E-state index contributed by atoms with van der Waals surface area (Å²) in [6, 6.07) is 2.15. The van der Waals surface area contributed by atoms with Gasteiger partial charge in [0.25, 0.3) is 0 Å². The second kappa shape index (κ2) is 7.98. The van der Waals surface area contributed by atoms with Crippen LogP contribution < -0.4 is 9.47 Å². The third kappa shape index (κ3) is 3.94. The van der Waals surface area contributed by atoms with Crippen molar-refractivity contribution in [1.29, 1.82) is 0 Å². The maximum absolute atomic E-state index is 14.5. The highest BCUT2D eigenvalue weighted by Crippen LogP contribution is 2.42. The number of carbonyl (C=O) groups is 1. The minimum Gasteiger partial charge on any atom is -0.443 e. The predicted octanol–water partition coefficient (Wildman–Crippen LogP) is 5.50. The highest BCUT2D eigenvalue weighted by molar-refractivity contribution is 7.13. The molecule has 2 heterocycles. The summed E-state index contributed by atoms with van der Waals surface area (Å²) in [5, 5.41) is 4.29. The number of carbonyl (C=O) groups excluding carboxylic acids is 1. The Morgan fingerprint density at radius 2 is 2.04 bits per heavy atom. The lowest BCUT2D eigenvalue weighted by Gasteiger charge is -2.09. The van der Waals surface area contributed by atoms with Crippen LogP contribution in [0.5, 0.6) is 16.7 Å². The summed E-state index contributed by atoms with van der Waals surface area (Å²) in [7, 11) is 1.31. The number of thiazole rings is 1. The van der Waals surface area contributed by atoms with E-state index >= 15 is 0 Å². The Kier molecular flexibility index (Phi) is 5.82. The average molecular weight is 452 g/mol. The van der Waals surface area contributed by atoms with Gasteiger partial charge in [0.2, 0.25) is 10.9 Å². The van der Waals surface area contributed by atoms with Crippen molar-refractivity contribution in [1.82, 2.24) is 14.8 Å².